The Balaban J connectivity index is 2.23. The van der Waals surface area contributed by atoms with Gasteiger partial charge >= 0.3 is 0 Å². The summed E-state index contributed by atoms with van der Waals surface area (Å²) in [6, 6.07) is 7.80. The molecule has 0 radical (unpaired) electrons. The van der Waals surface area contributed by atoms with Gasteiger partial charge in [-0.05, 0) is 17.9 Å². The smallest absolute Gasteiger partial charge is 0.233 e. The van der Waals surface area contributed by atoms with Crippen molar-refractivity contribution in [1.29, 1.82) is 0 Å². The van der Waals surface area contributed by atoms with Gasteiger partial charge in [-0.3, -0.25) is 4.79 Å². The maximum Gasteiger partial charge on any atom is 0.233 e. The van der Waals surface area contributed by atoms with Crippen molar-refractivity contribution in [1.82, 2.24) is 10.2 Å². The van der Waals surface area contributed by atoms with Crippen molar-refractivity contribution in [2.24, 2.45) is 0 Å². The quantitative estimate of drug-likeness (QED) is 0.923. The van der Waals surface area contributed by atoms with Crippen molar-refractivity contribution >= 4 is 29.3 Å². The van der Waals surface area contributed by atoms with Crippen LogP contribution in [0.1, 0.15) is 11.6 Å². The monoisotopic (exact) mass is 284 g/mol. The van der Waals surface area contributed by atoms with Gasteiger partial charge in [-0.1, -0.05) is 29.8 Å². The minimum absolute atomic E-state index is 0.0482. The van der Waals surface area contributed by atoms with Crippen LogP contribution < -0.4 is 5.32 Å². The zero-order valence-electron chi connectivity index (χ0n) is 10.4. The van der Waals surface area contributed by atoms with Crippen LogP contribution in [-0.2, 0) is 4.79 Å². The van der Waals surface area contributed by atoms with Crippen molar-refractivity contribution < 1.29 is 4.79 Å². The number of carbonyl (C=O) groups is 1. The third kappa shape index (κ3) is 2.99. The van der Waals surface area contributed by atoms with Crippen molar-refractivity contribution in [3.8, 4) is 0 Å². The predicted molar refractivity (Wildman–Crippen MR) is 77.2 cm³/mol. The fourth-order valence-electron chi connectivity index (χ4n) is 2.23. The lowest BCUT2D eigenvalue weighted by Gasteiger charge is -2.37. The summed E-state index contributed by atoms with van der Waals surface area (Å²) in [5.74, 6) is 0.718. The molecule has 1 aromatic carbocycles. The van der Waals surface area contributed by atoms with Gasteiger partial charge in [0.15, 0.2) is 0 Å². The molecule has 1 atom stereocenters. The van der Waals surface area contributed by atoms with E-state index >= 15 is 0 Å². The molecule has 1 aromatic rings. The second-order valence-corrected chi connectivity index (χ2v) is 5.53. The molecule has 3 nitrogen and oxygen atoms in total. The van der Waals surface area contributed by atoms with E-state index in [0.29, 0.717) is 5.75 Å². The van der Waals surface area contributed by atoms with E-state index in [-0.39, 0.29) is 11.9 Å². The highest BCUT2D eigenvalue weighted by molar-refractivity contribution is 7.99. The van der Waals surface area contributed by atoms with Crippen LogP contribution in [0.4, 0.5) is 0 Å². The largest absolute Gasteiger partial charge is 0.332 e. The molecule has 0 bridgehead atoms. The number of carbonyl (C=O) groups excluding carboxylic acids is 1. The number of halogens is 1. The molecule has 1 amide bonds. The summed E-state index contributed by atoms with van der Waals surface area (Å²) >= 11 is 7.79. The molecule has 0 aromatic heterocycles. The van der Waals surface area contributed by atoms with Crippen LogP contribution in [0.2, 0.25) is 5.02 Å². The minimum atomic E-state index is 0.0482. The van der Waals surface area contributed by atoms with Crippen molar-refractivity contribution in [3.05, 3.63) is 34.9 Å². The second kappa shape index (κ2) is 6.45. The number of benzene rings is 1. The van der Waals surface area contributed by atoms with Crippen molar-refractivity contribution in [2.45, 2.75) is 6.04 Å². The standard InChI is InChI=1S/C13H17ClN2OS/c1-18-9-13(17)16-7-6-15-8-12(16)10-4-2-3-5-11(10)14/h2-5,12,15H,6-9H2,1H3. The van der Waals surface area contributed by atoms with Gasteiger partial charge in [0.2, 0.25) is 5.91 Å². The lowest BCUT2D eigenvalue weighted by molar-refractivity contribution is -0.131. The minimum Gasteiger partial charge on any atom is -0.332 e. The Hall–Kier alpha value is -0.710. The van der Waals surface area contributed by atoms with E-state index < -0.39 is 0 Å². The lowest BCUT2D eigenvalue weighted by Crippen LogP contribution is -2.49. The van der Waals surface area contributed by atoms with Gasteiger partial charge in [0.1, 0.15) is 0 Å². The van der Waals surface area contributed by atoms with E-state index in [0.717, 1.165) is 30.2 Å². The summed E-state index contributed by atoms with van der Waals surface area (Å²) in [4.78, 5) is 14.1. The van der Waals surface area contributed by atoms with E-state index in [9.17, 15) is 4.79 Å². The molecule has 2 rings (SSSR count). The molecule has 0 spiro atoms. The van der Waals surface area contributed by atoms with Gasteiger partial charge in [-0.15, -0.1) is 0 Å². The summed E-state index contributed by atoms with van der Waals surface area (Å²) in [7, 11) is 0. The summed E-state index contributed by atoms with van der Waals surface area (Å²) in [6.45, 7) is 2.36. The van der Waals surface area contributed by atoms with E-state index in [4.69, 9.17) is 11.6 Å². The molecule has 1 saturated heterocycles. The highest BCUT2D eigenvalue weighted by Gasteiger charge is 2.28. The first kappa shape index (κ1) is 13.7. The van der Waals surface area contributed by atoms with Crippen LogP contribution in [0.15, 0.2) is 24.3 Å². The number of nitrogens with one attached hydrogen (secondary N) is 1. The SMILES string of the molecule is CSCC(=O)N1CCNCC1c1ccccc1Cl. The van der Waals surface area contributed by atoms with Crippen molar-refractivity contribution in [3.63, 3.8) is 0 Å². The molecule has 0 aliphatic carbocycles. The van der Waals surface area contributed by atoms with Crippen LogP contribution in [0.5, 0.6) is 0 Å². The number of piperazine rings is 1. The predicted octanol–water partition coefficient (Wildman–Crippen LogP) is 2.18. The number of nitrogens with zero attached hydrogens (tertiary/aromatic N) is 1. The third-order valence-corrected chi connectivity index (χ3v) is 3.98. The average molecular weight is 285 g/mol. The molecule has 1 unspecified atom stereocenters. The normalized spacial score (nSPS) is 19.9. The van der Waals surface area contributed by atoms with Gasteiger partial charge in [-0.2, -0.15) is 11.8 Å². The Morgan fingerprint density at radius 1 is 1.56 bits per heavy atom. The fourth-order valence-corrected chi connectivity index (χ4v) is 2.91. The molecular formula is C13H17ClN2OS. The molecule has 1 fully saturated rings. The first-order chi connectivity index (χ1) is 8.74. The van der Waals surface area contributed by atoms with Gasteiger partial charge in [0.05, 0.1) is 11.8 Å². The maximum absolute atomic E-state index is 12.1. The van der Waals surface area contributed by atoms with Crippen LogP contribution in [0.25, 0.3) is 0 Å². The number of hydrogen-bond donors (Lipinski definition) is 1. The zero-order valence-corrected chi connectivity index (χ0v) is 11.9. The van der Waals surface area contributed by atoms with Crippen LogP contribution in [-0.4, -0.2) is 42.4 Å². The molecule has 1 aliphatic rings. The van der Waals surface area contributed by atoms with Crippen LogP contribution in [0.3, 0.4) is 0 Å². The molecular weight excluding hydrogens is 268 g/mol. The maximum atomic E-state index is 12.1. The summed E-state index contributed by atoms with van der Waals surface area (Å²) in [5, 5.41) is 4.06. The molecule has 1 N–H and O–H groups in total. The number of rotatable bonds is 3. The van der Waals surface area contributed by atoms with Gasteiger partial charge in [0.25, 0.3) is 0 Å². The van der Waals surface area contributed by atoms with Gasteiger partial charge in [-0.25, -0.2) is 0 Å². The Kier molecular flexibility index (Phi) is 4.92. The lowest BCUT2D eigenvalue weighted by atomic mass is 10.0. The summed E-state index contributed by atoms with van der Waals surface area (Å²) in [5.41, 5.74) is 1.03. The highest BCUT2D eigenvalue weighted by Crippen LogP contribution is 2.28. The number of hydrogen-bond acceptors (Lipinski definition) is 3. The van der Waals surface area contributed by atoms with Gasteiger partial charge < -0.3 is 10.2 Å². The van der Waals surface area contributed by atoms with Crippen molar-refractivity contribution in [2.75, 3.05) is 31.6 Å². The molecule has 1 heterocycles. The summed E-state index contributed by atoms with van der Waals surface area (Å²) in [6.07, 6.45) is 1.95. The molecule has 5 heteroatoms. The van der Waals surface area contributed by atoms with Gasteiger partial charge in [0, 0.05) is 24.7 Å². The Bertz CT molecular complexity index is 427. The molecule has 0 saturated carbocycles. The zero-order chi connectivity index (χ0) is 13.0. The Morgan fingerprint density at radius 2 is 2.33 bits per heavy atom. The average Bonchev–Trinajstić information content (AvgIpc) is 2.40. The summed E-state index contributed by atoms with van der Waals surface area (Å²) < 4.78 is 0. The van der Waals surface area contributed by atoms with E-state index in [1.165, 1.54) is 0 Å². The van der Waals surface area contributed by atoms with Crippen LogP contribution >= 0.6 is 23.4 Å². The fraction of sp³-hybridized carbons (Fsp3) is 0.462. The van der Waals surface area contributed by atoms with Crippen LogP contribution in [0, 0.1) is 0 Å². The topological polar surface area (TPSA) is 32.3 Å². The van der Waals surface area contributed by atoms with E-state index in [1.807, 2.05) is 35.4 Å². The Morgan fingerprint density at radius 3 is 3.06 bits per heavy atom. The highest BCUT2D eigenvalue weighted by atomic mass is 35.5. The number of amides is 1. The first-order valence-electron chi connectivity index (χ1n) is 5.97. The molecule has 18 heavy (non-hydrogen) atoms. The Labute approximate surface area is 117 Å². The van der Waals surface area contributed by atoms with E-state index in [2.05, 4.69) is 5.32 Å². The molecule has 98 valence electrons. The third-order valence-electron chi connectivity index (χ3n) is 3.10. The number of thioether (sulfide) groups is 1. The first-order valence-corrected chi connectivity index (χ1v) is 7.74. The second-order valence-electron chi connectivity index (χ2n) is 4.26. The van der Waals surface area contributed by atoms with E-state index in [1.54, 1.807) is 11.8 Å². The molecule has 1 aliphatic heterocycles.